The molecule has 124 valence electrons. The molecule has 1 aromatic heterocycles. The number of thiophene rings is 1. The zero-order valence-electron chi connectivity index (χ0n) is 14.1. The molecule has 1 aliphatic rings. The fraction of sp³-hybridized carbons (Fsp3) is 0.474. The van der Waals surface area contributed by atoms with Crippen molar-refractivity contribution in [3.8, 4) is 5.75 Å². The van der Waals surface area contributed by atoms with Crippen molar-refractivity contribution in [3.63, 3.8) is 0 Å². The van der Waals surface area contributed by atoms with E-state index in [2.05, 4.69) is 48.4 Å². The van der Waals surface area contributed by atoms with Crippen molar-refractivity contribution >= 4 is 11.3 Å². The third-order valence-electron chi connectivity index (χ3n) is 4.22. The zero-order chi connectivity index (χ0) is 16.4. The Morgan fingerprint density at radius 3 is 2.87 bits per heavy atom. The van der Waals surface area contributed by atoms with Crippen LogP contribution >= 0.6 is 11.3 Å². The van der Waals surface area contributed by atoms with Crippen LogP contribution in [-0.4, -0.2) is 28.8 Å². The smallest absolute Gasteiger partial charge is 0.123 e. The van der Waals surface area contributed by atoms with Gasteiger partial charge in [-0.05, 0) is 55.0 Å². The monoisotopic (exact) mass is 331 g/mol. The maximum Gasteiger partial charge on any atom is 0.123 e. The Balaban J connectivity index is 1.73. The average molecular weight is 331 g/mol. The molecule has 4 heteroatoms. The Morgan fingerprint density at radius 1 is 1.35 bits per heavy atom. The molecule has 2 atom stereocenters. The molecule has 0 saturated heterocycles. The topological polar surface area (TPSA) is 32.7 Å². The summed E-state index contributed by atoms with van der Waals surface area (Å²) in [5, 5.41) is 12.0. The first kappa shape index (κ1) is 16.5. The van der Waals surface area contributed by atoms with Crippen LogP contribution in [0.1, 0.15) is 35.4 Å². The van der Waals surface area contributed by atoms with E-state index in [1.54, 1.807) is 11.3 Å². The van der Waals surface area contributed by atoms with E-state index in [4.69, 9.17) is 4.74 Å². The number of nitrogens with zero attached hydrogens (tertiary/aromatic N) is 1. The summed E-state index contributed by atoms with van der Waals surface area (Å²) < 4.78 is 5.78. The first-order valence-electron chi connectivity index (χ1n) is 8.23. The molecule has 1 aromatic carbocycles. The Labute approximate surface area is 142 Å². The molecule has 0 saturated carbocycles. The van der Waals surface area contributed by atoms with Crippen LogP contribution in [0.25, 0.3) is 0 Å². The van der Waals surface area contributed by atoms with Crippen LogP contribution in [0.3, 0.4) is 0 Å². The van der Waals surface area contributed by atoms with Gasteiger partial charge in [-0.1, -0.05) is 12.1 Å². The van der Waals surface area contributed by atoms with Gasteiger partial charge >= 0.3 is 0 Å². The summed E-state index contributed by atoms with van der Waals surface area (Å²) in [4.78, 5) is 3.70. The highest BCUT2D eigenvalue weighted by molar-refractivity contribution is 7.10. The summed E-state index contributed by atoms with van der Waals surface area (Å²) in [6.45, 7) is 8.54. The van der Waals surface area contributed by atoms with E-state index < -0.39 is 0 Å². The van der Waals surface area contributed by atoms with Gasteiger partial charge in [0.05, 0.1) is 6.10 Å². The molecule has 0 spiro atoms. The number of aryl methyl sites for hydroxylation is 1. The Morgan fingerprint density at radius 2 is 2.17 bits per heavy atom. The van der Waals surface area contributed by atoms with Gasteiger partial charge in [0.1, 0.15) is 11.9 Å². The molecule has 0 aliphatic carbocycles. The molecule has 3 rings (SSSR count). The second-order valence-electron chi connectivity index (χ2n) is 6.62. The zero-order valence-corrected chi connectivity index (χ0v) is 14.9. The van der Waals surface area contributed by atoms with Crippen molar-refractivity contribution in [2.45, 2.75) is 52.5 Å². The molecule has 23 heavy (non-hydrogen) atoms. The maximum atomic E-state index is 9.83. The minimum atomic E-state index is -0.326. The minimum Gasteiger partial charge on any atom is -0.490 e. The van der Waals surface area contributed by atoms with Gasteiger partial charge in [-0.15, -0.1) is 11.3 Å². The van der Waals surface area contributed by atoms with Crippen LogP contribution in [0, 0.1) is 6.92 Å². The molecule has 2 unspecified atom stereocenters. The standard InChI is InChI=1S/C19H25NO2S/c1-13-6-7-23-19(13)12-20(10-14(2)21)11-16-4-5-18-17(9-16)8-15(3)22-18/h4-7,9,14-15,21H,8,10-12H2,1-3H3. The van der Waals surface area contributed by atoms with E-state index in [0.717, 1.165) is 25.3 Å². The highest BCUT2D eigenvalue weighted by Gasteiger charge is 2.20. The van der Waals surface area contributed by atoms with E-state index in [0.29, 0.717) is 6.54 Å². The van der Waals surface area contributed by atoms with E-state index >= 15 is 0 Å². The van der Waals surface area contributed by atoms with Gasteiger partial charge in [0, 0.05) is 30.9 Å². The normalized spacial score (nSPS) is 18.0. The van der Waals surface area contributed by atoms with E-state index in [9.17, 15) is 5.11 Å². The van der Waals surface area contributed by atoms with Crippen molar-refractivity contribution in [2.75, 3.05) is 6.54 Å². The van der Waals surface area contributed by atoms with Gasteiger partial charge in [-0.3, -0.25) is 4.90 Å². The number of ether oxygens (including phenoxy) is 1. The molecule has 2 heterocycles. The number of hydrogen-bond acceptors (Lipinski definition) is 4. The molecular weight excluding hydrogens is 306 g/mol. The average Bonchev–Trinajstić information content (AvgIpc) is 3.03. The Kier molecular flexibility index (Phi) is 5.05. The van der Waals surface area contributed by atoms with Crippen LogP contribution < -0.4 is 4.74 Å². The molecule has 3 nitrogen and oxygen atoms in total. The number of hydrogen-bond donors (Lipinski definition) is 1. The largest absolute Gasteiger partial charge is 0.490 e. The summed E-state index contributed by atoms with van der Waals surface area (Å²) in [5.74, 6) is 1.03. The summed E-state index contributed by atoms with van der Waals surface area (Å²) in [5.41, 5.74) is 3.93. The van der Waals surface area contributed by atoms with Gasteiger partial charge < -0.3 is 9.84 Å². The van der Waals surface area contributed by atoms with Gasteiger partial charge in [-0.25, -0.2) is 0 Å². The summed E-state index contributed by atoms with van der Waals surface area (Å²) in [6, 6.07) is 8.65. The summed E-state index contributed by atoms with van der Waals surface area (Å²) in [6.07, 6.45) is 0.944. The number of aliphatic hydroxyl groups excluding tert-OH is 1. The van der Waals surface area contributed by atoms with Gasteiger partial charge in [0.25, 0.3) is 0 Å². The molecule has 1 aliphatic heterocycles. The lowest BCUT2D eigenvalue weighted by Crippen LogP contribution is -2.30. The third kappa shape index (κ3) is 4.14. The van der Waals surface area contributed by atoms with Crippen LogP contribution in [0.5, 0.6) is 5.75 Å². The van der Waals surface area contributed by atoms with Crippen molar-refractivity contribution < 1.29 is 9.84 Å². The fourth-order valence-electron chi connectivity index (χ4n) is 3.16. The molecule has 2 aromatic rings. The highest BCUT2D eigenvalue weighted by Crippen LogP contribution is 2.30. The van der Waals surface area contributed by atoms with E-state index in [1.165, 1.54) is 21.6 Å². The highest BCUT2D eigenvalue weighted by atomic mass is 32.1. The molecule has 1 N–H and O–H groups in total. The van der Waals surface area contributed by atoms with Gasteiger partial charge in [0.2, 0.25) is 0 Å². The molecule has 0 amide bonds. The van der Waals surface area contributed by atoms with E-state index in [1.807, 2.05) is 6.92 Å². The SMILES string of the molecule is Cc1ccsc1CN(Cc1ccc2c(c1)CC(C)O2)CC(C)O. The first-order valence-corrected chi connectivity index (χ1v) is 9.11. The van der Waals surface area contributed by atoms with E-state index in [-0.39, 0.29) is 12.2 Å². The fourth-order valence-corrected chi connectivity index (χ4v) is 4.11. The van der Waals surface area contributed by atoms with Crippen molar-refractivity contribution in [1.82, 2.24) is 4.90 Å². The predicted octanol–water partition coefficient (Wildman–Crippen LogP) is 3.76. The number of rotatable bonds is 6. The quantitative estimate of drug-likeness (QED) is 0.875. The maximum absolute atomic E-state index is 9.83. The van der Waals surface area contributed by atoms with Gasteiger partial charge in [0.15, 0.2) is 0 Å². The van der Waals surface area contributed by atoms with Crippen LogP contribution in [0.2, 0.25) is 0 Å². The lowest BCUT2D eigenvalue weighted by molar-refractivity contribution is 0.118. The molecular formula is C19H25NO2S. The lowest BCUT2D eigenvalue weighted by atomic mass is 10.1. The van der Waals surface area contributed by atoms with Crippen LogP contribution in [0.15, 0.2) is 29.6 Å². The first-order chi connectivity index (χ1) is 11.0. The van der Waals surface area contributed by atoms with Crippen LogP contribution in [0.4, 0.5) is 0 Å². The lowest BCUT2D eigenvalue weighted by Gasteiger charge is -2.24. The third-order valence-corrected chi connectivity index (χ3v) is 5.23. The van der Waals surface area contributed by atoms with Crippen molar-refractivity contribution in [1.29, 1.82) is 0 Å². The number of aliphatic hydroxyl groups is 1. The van der Waals surface area contributed by atoms with Gasteiger partial charge in [-0.2, -0.15) is 0 Å². The summed E-state index contributed by atoms with van der Waals surface area (Å²) in [7, 11) is 0. The Bertz CT molecular complexity index is 665. The summed E-state index contributed by atoms with van der Waals surface area (Å²) >= 11 is 1.79. The van der Waals surface area contributed by atoms with Crippen molar-refractivity contribution in [3.05, 3.63) is 51.2 Å². The minimum absolute atomic E-state index is 0.280. The predicted molar refractivity (Wildman–Crippen MR) is 95.1 cm³/mol. The second kappa shape index (κ2) is 7.04. The molecule has 0 fully saturated rings. The number of fused-ring (bicyclic) bond motifs is 1. The second-order valence-corrected chi connectivity index (χ2v) is 7.62. The Hall–Kier alpha value is -1.36. The molecule has 0 radical (unpaired) electrons. The van der Waals surface area contributed by atoms with Crippen LogP contribution in [-0.2, 0) is 19.5 Å². The number of benzene rings is 1. The van der Waals surface area contributed by atoms with Crippen molar-refractivity contribution in [2.24, 2.45) is 0 Å². The molecule has 0 bridgehead atoms.